The van der Waals surface area contributed by atoms with Crippen molar-refractivity contribution in [2.24, 2.45) is 10.6 Å². The third kappa shape index (κ3) is 6.40. The molecule has 0 spiro atoms. The molecule has 1 aromatic carbocycles. The third-order valence-electron chi connectivity index (χ3n) is 6.56. The first-order valence-corrected chi connectivity index (χ1v) is 14.8. The molecule has 2 saturated heterocycles. The number of rotatable bonds is 9. The van der Waals surface area contributed by atoms with E-state index in [1.165, 1.54) is 42.0 Å². The molecule has 2 aromatic rings. The minimum atomic E-state index is -1.76. The summed E-state index contributed by atoms with van der Waals surface area (Å²) in [7, 11) is 0. The van der Waals surface area contributed by atoms with Crippen molar-refractivity contribution in [2.45, 2.75) is 30.9 Å². The van der Waals surface area contributed by atoms with Crippen LogP contribution in [0.15, 0.2) is 28.7 Å². The van der Waals surface area contributed by atoms with Crippen LogP contribution in [0.25, 0.3) is 0 Å². The highest BCUT2D eigenvalue weighted by molar-refractivity contribution is 8.00. The number of nitrogens with one attached hydrogen (secondary N) is 3. The standard InChI is InChI=1S/C24H26ClN7O9S2/c1-23(2,20(38)30-29-16(35)10-3-4-12(33)13(34)5-10)41-31-14(11-6-42-22(26)27-11)17(36)28-15-18(37)32-8-24(7-25,21(39)40)9-43-19(15)32/h3-6,15,19,33-34H,7-9H2,1-2H3,(H2,26,27)(H,28,36)(H,29,35)(H,30,38)(H,39,40)/t15?,19-,24?/m1/s1. The first kappa shape index (κ1) is 31.6. The summed E-state index contributed by atoms with van der Waals surface area (Å²) in [5, 5.41) is 36.0. The predicted molar refractivity (Wildman–Crippen MR) is 154 cm³/mol. The third-order valence-corrected chi connectivity index (χ3v) is 9.33. The Bertz CT molecular complexity index is 1520. The van der Waals surface area contributed by atoms with Gasteiger partial charge in [0, 0.05) is 29.1 Å². The molecule has 8 N–H and O–H groups in total. The Morgan fingerprint density at radius 2 is 1.98 bits per heavy atom. The Morgan fingerprint density at radius 3 is 2.58 bits per heavy atom. The average molecular weight is 656 g/mol. The quantitative estimate of drug-likeness (QED) is 0.0611. The van der Waals surface area contributed by atoms with Crippen LogP contribution in [0, 0.1) is 5.41 Å². The van der Waals surface area contributed by atoms with Crippen molar-refractivity contribution in [3.8, 4) is 11.5 Å². The fourth-order valence-corrected chi connectivity index (χ4v) is 6.40. The van der Waals surface area contributed by atoms with Gasteiger partial charge in [-0.15, -0.1) is 34.7 Å². The molecular weight excluding hydrogens is 630 g/mol. The van der Waals surface area contributed by atoms with Crippen LogP contribution in [-0.4, -0.2) is 95.7 Å². The van der Waals surface area contributed by atoms with Gasteiger partial charge >= 0.3 is 5.97 Å². The number of carbonyl (C=O) groups is 5. The lowest BCUT2D eigenvalue weighted by Crippen LogP contribution is -2.74. The Labute approximate surface area is 256 Å². The predicted octanol–water partition coefficient (Wildman–Crippen LogP) is -0.193. The van der Waals surface area contributed by atoms with E-state index in [4.69, 9.17) is 22.2 Å². The molecule has 0 bridgehead atoms. The fourth-order valence-electron chi connectivity index (χ4n) is 3.91. The number of carboxylic acid groups (broad SMARTS) is 1. The van der Waals surface area contributed by atoms with Crippen LogP contribution in [0.5, 0.6) is 11.5 Å². The van der Waals surface area contributed by atoms with Crippen molar-refractivity contribution in [3.63, 3.8) is 0 Å². The van der Waals surface area contributed by atoms with Crippen molar-refractivity contribution >= 4 is 75.1 Å². The van der Waals surface area contributed by atoms with Crippen LogP contribution in [0.4, 0.5) is 5.13 Å². The summed E-state index contributed by atoms with van der Waals surface area (Å²) >= 11 is 8.08. The summed E-state index contributed by atoms with van der Waals surface area (Å²) in [5.41, 5.74) is 6.46. The SMILES string of the molecule is CC(C)(ON=C(C(=O)NC1C(=O)N2CC(CCl)(C(=O)O)CS[C@H]12)c1csc(N)n1)C(=O)NNC(=O)c1ccc(O)c(O)c1. The van der Waals surface area contributed by atoms with Gasteiger partial charge in [0.15, 0.2) is 22.3 Å². The molecule has 3 atom stereocenters. The number of nitrogens with zero attached hydrogens (tertiary/aromatic N) is 3. The normalized spacial score (nSPS) is 21.7. The van der Waals surface area contributed by atoms with Crippen molar-refractivity contribution in [2.75, 3.05) is 23.9 Å². The number of aliphatic carboxylic acids is 1. The number of hydrogen-bond acceptors (Lipinski definition) is 13. The number of carbonyl (C=O) groups excluding carboxylic acids is 4. The van der Waals surface area contributed by atoms with Crippen LogP contribution in [-0.2, 0) is 24.0 Å². The highest BCUT2D eigenvalue weighted by Gasteiger charge is 2.57. The zero-order valence-corrected chi connectivity index (χ0v) is 24.9. The highest BCUT2D eigenvalue weighted by atomic mass is 35.5. The van der Waals surface area contributed by atoms with E-state index in [0.29, 0.717) is 0 Å². The lowest BCUT2D eigenvalue weighted by atomic mass is 9.89. The summed E-state index contributed by atoms with van der Waals surface area (Å²) in [5.74, 6) is -5.20. The van der Waals surface area contributed by atoms with Gasteiger partial charge in [0.1, 0.15) is 22.5 Å². The van der Waals surface area contributed by atoms with Gasteiger partial charge in [-0.2, -0.15) is 0 Å². The highest BCUT2D eigenvalue weighted by Crippen LogP contribution is 2.42. The topological polar surface area (TPSA) is 246 Å². The molecule has 43 heavy (non-hydrogen) atoms. The van der Waals surface area contributed by atoms with E-state index >= 15 is 0 Å². The Morgan fingerprint density at radius 1 is 1.26 bits per heavy atom. The summed E-state index contributed by atoms with van der Waals surface area (Å²) in [4.78, 5) is 73.7. The molecule has 0 aliphatic carbocycles. The number of hydrogen-bond donors (Lipinski definition) is 7. The first-order valence-electron chi connectivity index (χ1n) is 12.3. The van der Waals surface area contributed by atoms with Gasteiger partial charge in [-0.25, -0.2) is 4.98 Å². The number of thioether (sulfide) groups is 1. The van der Waals surface area contributed by atoms with Crippen molar-refractivity contribution in [1.82, 2.24) is 26.1 Å². The number of anilines is 1. The molecule has 2 unspecified atom stereocenters. The van der Waals surface area contributed by atoms with Gasteiger partial charge in [-0.3, -0.25) is 34.8 Å². The lowest BCUT2D eigenvalue weighted by Gasteiger charge is -2.53. The monoisotopic (exact) mass is 655 g/mol. The van der Waals surface area contributed by atoms with E-state index in [1.807, 2.05) is 0 Å². The van der Waals surface area contributed by atoms with Crippen LogP contribution >= 0.6 is 34.7 Å². The van der Waals surface area contributed by atoms with E-state index in [0.717, 1.165) is 23.5 Å². The second kappa shape index (κ2) is 12.1. The van der Waals surface area contributed by atoms with E-state index in [9.17, 15) is 39.3 Å². The number of aromatic nitrogens is 1. The van der Waals surface area contributed by atoms with E-state index < -0.39 is 69.2 Å². The number of aromatic hydroxyl groups is 2. The van der Waals surface area contributed by atoms with Gasteiger partial charge in [0.05, 0.1) is 0 Å². The van der Waals surface area contributed by atoms with Gasteiger partial charge in [-0.1, -0.05) is 5.16 Å². The number of nitrogens with two attached hydrogens (primary N) is 1. The molecule has 0 saturated carbocycles. The molecule has 230 valence electrons. The number of benzene rings is 1. The number of halogens is 1. The zero-order chi connectivity index (χ0) is 31.7. The molecule has 3 heterocycles. The first-order chi connectivity index (χ1) is 20.2. The van der Waals surface area contributed by atoms with Crippen molar-refractivity contribution < 1.29 is 44.1 Å². The van der Waals surface area contributed by atoms with Crippen LogP contribution in [0.3, 0.4) is 0 Å². The smallest absolute Gasteiger partial charge is 0.313 e. The molecule has 2 fully saturated rings. The number of nitrogen functional groups attached to an aromatic ring is 1. The summed E-state index contributed by atoms with van der Waals surface area (Å²) in [6, 6.07) is 2.30. The number of oxime groups is 1. The lowest BCUT2D eigenvalue weighted by molar-refractivity contribution is -0.157. The Hall–Kier alpha value is -4.29. The average Bonchev–Trinajstić information content (AvgIpc) is 3.40. The minimum absolute atomic E-state index is 0.00334. The van der Waals surface area contributed by atoms with Gasteiger partial charge in [0.2, 0.25) is 11.5 Å². The van der Waals surface area contributed by atoms with Crippen molar-refractivity contribution in [1.29, 1.82) is 0 Å². The number of hydrazine groups is 1. The maximum absolute atomic E-state index is 13.3. The van der Waals surface area contributed by atoms with Crippen LogP contribution < -0.4 is 21.9 Å². The maximum Gasteiger partial charge on any atom is 0.313 e. The largest absolute Gasteiger partial charge is 0.504 e. The van der Waals surface area contributed by atoms with Gasteiger partial charge < -0.3 is 36.1 Å². The van der Waals surface area contributed by atoms with Gasteiger partial charge in [0.25, 0.3) is 17.7 Å². The number of fused-ring (bicyclic) bond motifs is 1. The molecule has 4 amide bonds. The molecule has 4 rings (SSSR count). The minimum Gasteiger partial charge on any atom is -0.504 e. The fraction of sp³-hybridized carbons (Fsp3) is 0.375. The van der Waals surface area contributed by atoms with Crippen LogP contribution in [0.2, 0.25) is 0 Å². The number of amides is 4. The number of carboxylic acids is 1. The number of thiazole rings is 1. The van der Waals surface area contributed by atoms with Crippen molar-refractivity contribution in [3.05, 3.63) is 34.8 Å². The molecule has 1 aromatic heterocycles. The maximum atomic E-state index is 13.3. The molecule has 2 aliphatic rings. The second-order valence-electron chi connectivity index (χ2n) is 10.1. The molecule has 19 heteroatoms. The van der Waals surface area contributed by atoms with E-state index in [1.54, 1.807) is 0 Å². The van der Waals surface area contributed by atoms with Gasteiger partial charge in [-0.05, 0) is 32.0 Å². The molecule has 0 radical (unpaired) electrons. The summed E-state index contributed by atoms with van der Waals surface area (Å²) in [6.07, 6.45) is 0. The Balaban J connectivity index is 1.43. The number of phenols is 2. The Kier molecular flexibility index (Phi) is 8.93. The summed E-state index contributed by atoms with van der Waals surface area (Å²) < 4.78 is 0. The second-order valence-corrected chi connectivity index (χ2v) is 12.3. The summed E-state index contributed by atoms with van der Waals surface area (Å²) in [6.45, 7) is 2.49. The number of phenolic OH excluding ortho intramolecular Hbond substituents is 2. The molecule has 16 nitrogen and oxygen atoms in total. The molecular formula is C24H26ClN7O9S2. The number of β-lactam (4-membered cyclic amide) rings is 1. The zero-order valence-electron chi connectivity index (χ0n) is 22.5. The molecule has 2 aliphatic heterocycles. The van der Waals surface area contributed by atoms with Crippen LogP contribution in [0.1, 0.15) is 29.9 Å². The van der Waals surface area contributed by atoms with E-state index in [2.05, 4.69) is 26.3 Å². The number of alkyl halides is 1. The van der Waals surface area contributed by atoms with E-state index in [-0.39, 0.29) is 34.6 Å².